The highest BCUT2D eigenvalue weighted by Gasteiger charge is 2.19. The van der Waals surface area contributed by atoms with E-state index in [0.717, 1.165) is 16.8 Å². The summed E-state index contributed by atoms with van der Waals surface area (Å²) in [5.74, 6) is 0.584. The average Bonchev–Trinajstić information content (AvgIpc) is 2.98. The van der Waals surface area contributed by atoms with E-state index < -0.39 is 0 Å². The molecule has 2 heterocycles. The molecule has 0 atom stereocenters. The van der Waals surface area contributed by atoms with Crippen molar-refractivity contribution >= 4 is 17.4 Å². The summed E-state index contributed by atoms with van der Waals surface area (Å²) in [6.45, 7) is 0.684. The highest BCUT2D eigenvalue weighted by molar-refractivity contribution is 5.82. The van der Waals surface area contributed by atoms with Gasteiger partial charge in [0, 0.05) is 18.5 Å². The lowest BCUT2D eigenvalue weighted by Crippen LogP contribution is -2.32. The van der Waals surface area contributed by atoms with Gasteiger partial charge in [-0.05, 0) is 17.7 Å². The van der Waals surface area contributed by atoms with Crippen LogP contribution in [-0.2, 0) is 4.79 Å². The summed E-state index contributed by atoms with van der Waals surface area (Å²) in [7, 11) is 0. The fraction of sp³-hybridized carbons (Fsp3) is 0.167. The Bertz CT molecular complexity index is 592. The van der Waals surface area contributed by atoms with E-state index in [9.17, 15) is 4.79 Å². The van der Waals surface area contributed by atoms with Crippen molar-refractivity contribution in [1.82, 2.24) is 15.6 Å². The fourth-order valence-corrected chi connectivity index (χ4v) is 2.04. The van der Waals surface area contributed by atoms with Crippen molar-refractivity contribution < 1.29 is 4.79 Å². The Hall–Kier alpha value is -2.50. The normalized spacial score (nSPS) is 14.9. The van der Waals surface area contributed by atoms with E-state index in [-0.39, 0.29) is 5.91 Å². The van der Waals surface area contributed by atoms with Gasteiger partial charge in [0.15, 0.2) is 0 Å². The first-order valence-corrected chi connectivity index (χ1v) is 5.70. The smallest absolute Gasteiger partial charge is 0.240 e. The molecule has 2 aromatic rings. The zero-order valence-electron chi connectivity index (χ0n) is 9.68. The van der Waals surface area contributed by atoms with E-state index in [1.54, 1.807) is 6.20 Å². The second kappa shape index (κ2) is 4.06. The molecule has 1 fully saturated rings. The second-order valence-corrected chi connectivity index (χ2v) is 4.18. The maximum atomic E-state index is 11.2. The number of benzene rings is 1. The van der Waals surface area contributed by atoms with Crippen LogP contribution in [-0.4, -0.2) is 22.6 Å². The molecule has 0 saturated carbocycles. The van der Waals surface area contributed by atoms with Gasteiger partial charge in [-0.3, -0.25) is 20.3 Å². The Morgan fingerprint density at radius 1 is 1.39 bits per heavy atom. The van der Waals surface area contributed by atoms with Crippen LogP contribution in [0.15, 0.2) is 30.5 Å². The number of nitrogens with one attached hydrogen (secondary N) is 2. The highest BCUT2D eigenvalue weighted by atomic mass is 16.2. The predicted octanol–water partition coefficient (Wildman–Crippen LogP) is 0.900. The molecule has 4 N–H and O–H groups in total. The largest absolute Gasteiger partial charge is 0.384 e. The lowest BCUT2D eigenvalue weighted by atomic mass is 10.1. The number of nitrogen functional groups attached to an aromatic ring is 1. The average molecular weight is 243 g/mol. The molecule has 1 aliphatic heterocycles. The molecule has 6 heteroatoms. The predicted molar refractivity (Wildman–Crippen MR) is 68.5 cm³/mol. The van der Waals surface area contributed by atoms with Crippen LogP contribution in [0.3, 0.4) is 0 Å². The molecule has 0 spiro atoms. The monoisotopic (exact) mass is 243 g/mol. The molecule has 0 unspecified atom stereocenters. The summed E-state index contributed by atoms with van der Waals surface area (Å²) in [4.78, 5) is 11.2. The van der Waals surface area contributed by atoms with Gasteiger partial charge in [0.05, 0.1) is 11.9 Å². The number of nitrogens with zero attached hydrogens (tertiary/aromatic N) is 2. The lowest BCUT2D eigenvalue weighted by molar-refractivity contribution is -0.119. The van der Waals surface area contributed by atoms with Crippen molar-refractivity contribution in [2.75, 3.05) is 17.3 Å². The lowest BCUT2D eigenvalue weighted by Gasteiger charge is -2.17. The molecular weight excluding hydrogens is 230 g/mol. The van der Waals surface area contributed by atoms with Crippen LogP contribution < -0.4 is 16.2 Å². The quantitative estimate of drug-likeness (QED) is 0.731. The minimum absolute atomic E-state index is 0.0447. The first-order valence-electron chi connectivity index (χ1n) is 5.70. The summed E-state index contributed by atoms with van der Waals surface area (Å²) in [6.07, 6.45) is 2.22. The van der Waals surface area contributed by atoms with E-state index in [4.69, 9.17) is 5.73 Å². The number of aromatic nitrogens is 2. The minimum Gasteiger partial charge on any atom is -0.384 e. The number of carbonyl (C=O) groups excluding carboxylic acids is 1. The number of nitrogens with two attached hydrogens (primary N) is 1. The number of amides is 1. The first-order chi connectivity index (χ1) is 8.74. The van der Waals surface area contributed by atoms with E-state index in [1.807, 2.05) is 29.3 Å². The van der Waals surface area contributed by atoms with Crippen LogP contribution >= 0.6 is 0 Å². The van der Waals surface area contributed by atoms with Gasteiger partial charge in [0.1, 0.15) is 5.82 Å². The second-order valence-electron chi connectivity index (χ2n) is 4.18. The number of rotatable bonds is 2. The van der Waals surface area contributed by atoms with Crippen LogP contribution in [0.4, 0.5) is 11.5 Å². The first kappa shape index (κ1) is 10.6. The zero-order chi connectivity index (χ0) is 12.5. The molecular formula is C12H13N5O. The molecule has 0 bridgehead atoms. The number of hydrogen-bond donors (Lipinski definition) is 3. The molecule has 18 heavy (non-hydrogen) atoms. The number of aromatic amines is 1. The van der Waals surface area contributed by atoms with Crippen LogP contribution in [0.1, 0.15) is 6.42 Å². The van der Waals surface area contributed by atoms with Crippen LogP contribution in [0.25, 0.3) is 11.1 Å². The molecule has 6 nitrogen and oxygen atoms in total. The number of hydrazine groups is 1. The van der Waals surface area contributed by atoms with E-state index in [2.05, 4.69) is 15.6 Å². The van der Waals surface area contributed by atoms with Gasteiger partial charge < -0.3 is 5.73 Å². The van der Waals surface area contributed by atoms with Crippen LogP contribution in [0, 0.1) is 0 Å². The van der Waals surface area contributed by atoms with Crippen molar-refractivity contribution in [3.8, 4) is 11.1 Å². The van der Waals surface area contributed by atoms with Gasteiger partial charge in [-0.25, -0.2) is 0 Å². The molecule has 1 aromatic carbocycles. The molecule has 3 rings (SSSR count). The minimum atomic E-state index is 0.0447. The van der Waals surface area contributed by atoms with E-state index >= 15 is 0 Å². The number of hydrogen-bond acceptors (Lipinski definition) is 4. The van der Waals surface area contributed by atoms with Crippen LogP contribution in [0.5, 0.6) is 0 Å². The molecule has 1 aliphatic rings. The Balaban J connectivity index is 1.94. The molecule has 1 aromatic heterocycles. The Morgan fingerprint density at radius 2 is 2.28 bits per heavy atom. The third-order valence-electron chi connectivity index (χ3n) is 2.96. The molecule has 0 aliphatic carbocycles. The highest BCUT2D eigenvalue weighted by Crippen LogP contribution is 2.27. The molecule has 1 amide bonds. The third-order valence-corrected chi connectivity index (χ3v) is 2.96. The Labute approximate surface area is 104 Å². The number of H-pyrrole nitrogens is 1. The van der Waals surface area contributed by atoms with Gasteiger partial charge in [0.2, 0.25) is 5.91 Å². The topological polar surface area (TPSA) is 87.0 Å². The number of anilines is 2. The third kappa shape index (κ3) is 1.77. The Morgan fingerprint density at radius 3 is 2.94 bits per heavy atom. The van der Waals surface area contributed by atoms with Crippen molar-refractivity contribution in [3.63, 3.8) is 0 Å². The summed E-state index contributed by atoms with van der Waals surface area (Å²) >= 11 is 0. The molecule has 1 saturated heterocycles. The van der Waals surface area contributed by atoms with E-state index in [1.165, 1.54) is 0 Å². The summed E-state index contributed by atoms with van der Waals surface area (Å²) in [5, 5.41) is 8.45. The van der Waals surface area contributed by atoms with Gasteiger partial charge in [0.25, 0.3) is 0 Å². The van der Waals surface area contributed by atoms with Gasteiger partial charge in [-0.1, -0.05) is 12.1 Å². The maximum Gasteiger partial charge on any atom is 0.240 e. The maximum absolute atomic E-state index is 11.2. The standard InChI is InChI=1S/C12H13N5O/c13-12-10(7-14-15-12)8-2-1-3-9(6-8)17-5-4-11(18)16-17/h1-3,6-7H,4-5H2,(H,16,18)(H3,13,14,15). The summed E-state index contributed by atoms with van der Waals surface area (Å²) < 4.78 is 0. The molecule has 92 valence electrons. The molecule has 0 radical (unpaired) electrons. The fourth-order valence-electron chi connectivity index (χ4n) is 2.04. The van der Waals surface area contributed by atoms with Crippen molar-refractivity contribution in [3.05, 3.63) is 30.5 Å². The summed E-state index contributed by atoms with van der Waals surface area (Å²) in [5.41, 5.74) is 11.4. The van der Waals surface area contributed by atoms with E-state index in [0.29, 0.717) is 18.8 Å². The van der Waals surface area contributed by atoms with Crippen LogP contribution in [0.2, 0.25) is 0 Å². The van der Waals surface area contributed by atoms with Crippen molar-refractivity contribution in [1.29, 1.82) is 0 Å². The number of carbonyl (C=O) groups is 1. The van der Waals surface area contributed by atoms with Gasteiger partial charge in [-0.2, -0.15) is 5.10 Å². The van der Waals surface area contributed by atoms with Gasteiger partial charge >= 0.3 is 0 Å². The zero-order valence-corrected chi connectivity index (χ0v) is 9.68. The SMILES string of the molecule is Nc1[nH]ncc1-c1cccc(N2CCC(=O)N2)c1. The Kier molecular flexibility index (Phi) is 2.40. The van der Waals surface area contributed by atoms with Crippen molar-refractivity contribution in [2.24, 2.45) is 0 Å². The summed E-state index contributed by atoms with van der Waals surface area (Å²) in [6, 6.07) is 7.82. The van der Waals surface area contributed by atoms with Gasteiger partial charge in [-0.15, -0.1) is 0 Å². The van der Waals surface area contributed by atoms with Crippen molar-refractivity contribution in [2.45, 2.75) is 6.42 Å².